The van der Waals surface area contributed by atoms with Crippen LogP contribution in [0.5, 0.6) is 5.75 Å². The maximum absolute atomic E-state index is 10.0. The number of fused-ring (bicyclic) bond motifs is 1. The van der Waals surface area contributed by atoms with Crippen molar-refractivity contribution in [1.82, 2.24) is 4.98 Å². The van der Waals surface area contributed by atoms with Gasteiger partial charge in [0.05, 0.1) is 17.1 Å². The van der Waals surface area contributed by atoms with E-state index in [4.69, 9.17) is 21.1 Å². The molecule has 2 aromatic rings. The maximum atomic E-state index is 10.0. The number of nitrogens with one attached hydrogen (secondary N) is 1. The fourth-order valence-electron chi connectivity index (χ4n) is 2.48. The minimum Gasteiger partial charge on any atom is -0.460 e. The summed E-state index contributed by atoms with van der Waals surface area (Å²) in [5.74, 6) is 0.377. The lowest BCUT2D eigenvalue weighted by molar-refractivity contribution is -0.277. The van der Waals surface area contributed by atoms with Crippen LogP contribution in [0.1, 0.15) is 0 Å². The van der Waals surface area contributed by atoms with Gasteiger partial charge in [0.1, 0.15) is 30.2 Å². The van der Waals surface area contributed by atoms with E-state index >= 15 is 0 Å². The van der Waals surface area contributed by atoms with Crippen molar-refractivity contribution in [2.75, 3.05) is 6.61 Å². The molecule has 3 rings (SSSR count). The third kappa shape index (κ3) is 3.08. The molecule has 0 radical (unpaired) electrons. The number of rotatable bonds is 3. The number of aliphatic hydroxyl groups excluding tert-OH is 4. The number of halogens is 2. The average Bonchev–Trinajstić information content (AvgIpc) is 2.90. The van der Waals surface area contributed by atoms with Crippen molar-refractivity contribution in [3.05, 3.63) is 27.8 Å². The first-order chi connectivity index (χ1) is 10.9. The quantitative estimate of drug-likeness (QED) is 0.512. The molecule has 1 aromatic carbocycles. The van der Waals surface area contributed by atoms with E-state index in [1.165, 1.54) is 0 Å². The van der Waals surface area contributed by atoms with Gasteiger partial charge in [-0.05, 0) is 28.1 Å². The predicted octanol–water partition coefficient (Wildman–Crippen LogP) is 0.762. The molecular weight excluding hydrogens is 394 g/mol. The second-order valence-corrected chi connectivity index (χ2v) is 6.54. The Morgan fingerprint density at radius 2 is 1.96 bits per heavy atom. The first-order valence-corrected chi connectivity index (χ1v) is 8.02. The van der Waals surface area contributed by atoms with Gasteiger partial charge < -0.3 is 34.9 Å². The highest BCUT2D eigenvalue weighted by atomic mass is 79.9. The molecule has 0 unspecified atom stereocenters. The number of aromatic amines is 1. The predicted molar refractivity (Wildman–Crippen MR) is 85.4 cm³/mol. The second-order valence-electron chi connectivity index (χ2n) is 5.28. The van der Waals surface area contributed by atoms with Crippen LogP contribution in [-0.2, 0) is 4.74 Å². The standard InChI is InChI=1S/C14H15BrClNO6/c15-6-1-5-8(2-7(6)16)17-3-9(5)22-14-13(21)12(20)11(19)10(4-18)23-14/h1-3,10-14,17-21H,4H2/t10-,11-,12+,13+,14+/m1/s1. The van der Waals surface area contributed by atoms with Crippen LogP contribution in [0.25, 0.3) is 10.9 Å². The summed E-state index contributed by atoms with van der Waals surface area (Å²) in [4.78, 5) is 2.98. The van der Waals surface area contributed by atoms with Crippen LogP contribution < -0.4 is 4.74 Å². The molecule has 0 bridgehead atoms. The largest absolute Gasteiger partial charge is 0.460 e. The molecule has 2 heterocycles. The SMILES string of the molecule is OC[C@H]1O[C@H](Oc2c[nH]c3cc(Cl)c(Br)cc23)[C@@H](O)[C@@H](O)[C@@H]1O. The lowest BCUT2D eigenvalue weighted by atomic mass is 9.99. The highest BCUT2D eigenvalue weighted by Crippen LogP contribution is 2.34. The van der Waals surface area contributed by atoms with E-state index in [9.17, 15) is 20.4 Å². The van der Waals surface area contributed by atoms with Gasteiger partial charge in [-0.1, -0.05) is 11.6 Å². The molecule has 0 amide bonds. The first-order valence-electron chi connectivity index (χ1n) is 6.85. The zero-order chi connectivity index (χ0) is 16.7. The van der Waals surface area contributed by atoms with Gasteiger partial charge in [0, 0.05) is 16.1 Å². The van der Waals surface area contributed by atoms with Gasteiger partial charge >= 0.3 is 0 Å². The molecule has 126 valence electrons. The van der Waals surface area contributed by atoms with Crippen LogP contribution in [0.15, 0.2) is 22.8 Å². The molecule has 1 saturated heterocycles. The number of aromatic nitrogens is 1. The van der Waals surface area contributed by atoms with Crippen LogP contribution in [0.3, 0.4) is 0 Å². The second kappa shape index (κ2) is 6.56. The average molecular weight is 409 g/mol. The van der Waals surface area contributed by atoms with Crippen molar-refractivity contribution in [1.29, 1.82) is 0 Å². The molecule has 9 heteroatoms. The number of ether oxygens (including phenoxy) is 2. The van der Waals surface area contributed by atoms with Crippen molar-refractivity contribution < 1.29 is 29.9 Å². The van der Waals surface area contributed by atoms with Crippen molar-refractivity contribution in [2.24, 2.45) is 0 Å². The van der Waals surface area contributed by atoms with Gasteiger partial charge in [0.25, 0.3) is 0 Å². The fourth-order valence-corrected chi connectivity index (χ4v) is 2.99. The molecule has 1 aliphatic heterocycles. The number of hydrogen-bond donors (Lipinski definition) is 5. The van der Waals surface area contributed by atoms with Gasteiger partial charge in [-0.3, -0.25) is 0 Å². The van der Waals surface area contributed by atoms with Crippen LogP contribution in [0.4, 0.5) is 0 Å². The summed E-state index contributed by atoms with van der Waals surface area (Å²) < 4.78 is 11.6. The summed E-state index contributed by atoms with van der Waals surface area (Å²) in [6.07, 6.45) is -5.07. The molecule has 23 heavy (non-hydrogen) atoms. The van der Waals surface area contributed by atoms with Crippen LogP contribution in [0.2, 0.25) is 5.02 Å². The zero-order valence-corrected chi connectivity index (χ0v) is 14.0. The molecule has 1 fully saturated rings. The Balaban J connectivity index is 1.88. The summed E-state index contributed by atoms with van der Waals surface area (Å²) in [6, 6.07) is 3.45. The van der Waals surface area contributed by atoms with Crippen molar-refractivity contribution >= 4 is 38.4 Å². The topological polar surface area (TPSA) is 115 Å². The molecular formula is C14H15BrClNO6. The van der Waals surface area contributed by atoms with Gasteiger partial charge in [-0.25, -0.2) is 0 Å². The van der Waals surface area contributed by atoms with Crippen LogP contribution in [0, 0.1) is 0 Å². The summed E-state index contributed by atoms with van der Waals surface area (Å²) in [5, 5.41) is 40.0. The van der Waals surface area contributed by atoms with Gasteiger partial charge in [0.2, 0.25) is 6.29 Å². The van der Waals surface area contributed by atoms with E-state index in [1.807, 2.05) is 0 Å². The molecule has 0 spiro atoms. The van der Waals surface area contributed by atoms with Gasteiger partial charge in [-0.2, -0.15) is 0 Å². The van der Waals surface area contributed by atoms with Crippen molar-refractivity contribution in [3.8, 4) is 5.75 Å². The first kappa shape index (κ1) is 17.0. The Morgan fingerprint density at radius 1 is 1.22 bits per heavy atom. The molecule has 5 N–H and O–H groups in total. The van der Waals surface area contributed by atoms with E-state index in [2.05, 4.69) is 20.9 Å². The molecule has 1 aromatic heterocycles. The number of aliphatic hydroxyl groups is 4. The summed E-state index contributed by atoms with van der Waals surface area (Å²) in [5.41, 5.74) is 0.720. The van der Waals surface area contributed by atoms with Gasteiger partial charge in [-0.15, -0.1) is 0 Å². The highest BCUT2D eigenvalue weighted by molar-refractivity contribution is 9.10. The van der Waals surface area contributed by atoms with E-state index in [1.54, 1.807) is 18.3 Å². The van der Waals surface area contributed by atoms with Crippen molar-refractivity contribution in [2.45, 2.75) is 30.7 Å². The normalized spacial score (nSPS) is 31.5. The Labute approximate surface area is 144 Å². The molecule has 1 aliphatic rings. The van der Waals surface area contributed by atoms with Crippen LogP contribution >= 0.6 is 27.5 Å². The Hall–Kier alpha value is -0.870. The Bertz CT molecular complexity index is 708. The summed E-state index contributed by atoms with van der Waals surface area (Å²) >= 11 is 9.35. The van der Waals surface area contributed by atoms with E-state index < -0.39 is 37.3 Å². The Morgan fingerprint density at radius 3 is 2.65 bits per heavy atom. The summed E-state index contributed by atoms with van der Waals surface area (Å²) in [6.45, 7) is -0.514. The monoisotopic (exact) mass is 407 g/mol. The lowest BCUT2D eigenvalue weighted by Gasteiger charge is -2.39. The maximum Gasteiger partial charge on any atom is 0.229 e. The Kier molecular flexibility index (Phi) is 4.84. The fraction of sp³-hybridized carbons (Fsp3) is 0.429. The van der Waals surface area contributed by atoms with Gasteiger partial charge in [0.15, 0.2) is 0 Å². The smallest absolute Gasteiger partial charge is 0.229 e. The molecule has 5 atom stereocenters. The minimum absolute atomic E-state index is 0.377. The third-order valence-electron chi connectivity index (χ3n) is 3.78. The third-order valence-corrected chi connectivity index (χ3v) is 4.97. The molecule has 7 nitrogen and oxygen atoms in total. The minimum atomic E-state index is -1.49. The molecule has 0 aliphatic carbocycles. The van der Waals surface area contributed by atoms with Crippen LogP contribution in [-0.4, -0.2) is 62.7 Å². The van der Waals surface area contributed by atoms with E-state index in [-0.39, 0.29) is 0 Å². The highest BCUT2D eigenvalue weighted by Gasteiger charge is 2.44. The van der Waals surface area contributed by atoms with E-state index in [0.717, 1.165) is 5.52 Å². The lowest BCUT2D eigenvalue weighted by Crippen LogP contribution is -2.60. The number of hydrogen-bond acceptors (Lipinski definition) is 6. The number of H-pyrrole nitrogens is 1. The zero-order valence-electron chi connectivity index (χ0n) is 11.7. The van der Waals surface area contributed by atoms with Crippen molar-refractivity contribution in [3.63, 3.8) is 0 Å². The summed E-state index contributed by atoms with van der Waals surface area (Å²) in [7, 11) is 0. The molecule has 0 saturated carbocycles. The number of benzene rings is 1. The van der Waals surface area contributed by atoms with E-state index in [0.29, 0.717) is 20.6 Å².